The zero-order valence-electron chi connectivity index (χ0n) is 12.7. The van der Waals surface area contributed by atoms with Crippen LogP contribution in [0.5, 0.6) is 0 Å². The van der Waals surface area contributed by atoms with Crippen molar-refractivity contribution >= 4 is 29.0 Å². The van der Waals surface area contributed by atoms with Gasteiger partial charge >= 0.3 is 0 Å². The summed E-state index contributed by atoms with van der Waals surface area (Å²) in [6, 6.07) is 7.96. The molecule has 0 fully saturated rings. The van der Waals surface area contributed by atoms with Crippen LogP contribution in [0.25, 0.3) is 22.6 Å². The van der Waals surface area contributed by atoms with Crippen LogP contribution in [0.1, 0.15) is 5.56 Å². The van der Waals surface area contributed by atoms with Crippen LogP contribution in [0.4, 0.5) is 14.6 Å². The molecule has 0 saturated carbocycles. The molecule has 0 aliphatic heterocycles. The van der Waals surface area contributed by atoms with Crippen molar-refractivity contribution in [2.45, 2.75) is 6.54 Å². The van der Waals surface area contributed by atoms with Gasteiger partial charge in [0, 0.05) is 28.8 Å². The minimum atomic E-state index is -0.798. The van der Waals surface area contributed by atoms with E-state index in [4.69, 9.17) is 34.7 Å². The molecule has 0 saturated heterocycles. The first-order chi connectivity index (χ1) is 11.9. The summed E-state index contributed by atoms with van der Waals surface area (Å²) < 4.78 is 27.2. The average Bonchev–Trinajstić information content (AvgIpc) is 2.54. The number of nitrogen functional groups attached to an aromatic ring is 1. The predicted octanol–water partition coefficient (Wildman–Crippen LogP) is 4.44. The number of anilines is 1. The third kappa shape index (κ3) is 3.42. The molecule has 3 rings (SSSR count). The summed E-state index contributed by atoms with van der Waals surface area (Å²) in [6.45, 7) is 0.0618. The van der Waals surface area contributed by atoms with E-state index in [2.05, 4.69) is 9.97 Å². The van der Waals surface area contributed by atoms with E-state index < -0.39 is 11.6 Å². The highest BCUT2D eigenvalue weighted by atomic mass is 35.5. The molecule has 0 spiro atoms. The zero-order chi connectivity index (χ0) is 18.1. The molecule has 4 nitrogen and oxygen atoms in total. The Morgan fingerprint density at radius 2 is 1.68 bits per heavy atom. The molecule has 1 heterocycles. The molecule has 0 atom stereocenters. The maximum absolute atomic E-state index is 14.1. The number of hydrogen-bond acceptors (Lipinski definition) is 4. The highest BCUT2D eigenvalue weighted by Crippen LogP contribution is 2.34. The average molecular weight is 381 g/mol. The van der Waals surface area contributed by atoms with Crippen LogP contribution in [-0.4, -0.2) is 9.97 Å². The third-order valence-electron chi connectivity index (χ3n) is 3.60. The summed E-state index contributed by atoms with van der Waals surface area (Å²) in [5.41, 5.74) is 13.1. The molecular formula is C17H12Cl2F2N4. The largest absolute Gasteiger partial charge is 0.383 e. The minimum absolute atomic E-state index is 0.00761. The molecule has 2 aromatic carbocycles. The van der Waals surface area contributed by atoms with Gasteiger partial charge < -0.3 is 11.5 Å². The van der Waals surface area contributed by atoms with Gasteiger partial charge in [-0.1, -0.05) is 23.2 Å². The standard InChI is InChI=1S/C17H12Cl2F2N4/c18-8-1-3-10(13(19)5-8)15-12(7-22)16(23)25-17(24-15)11-4-2-9(20)6-14(11)21/h1-6H,7,22H2,(H2,23,24,25). The molecule has 4 N–H and O–H groups in total. The Morgan fingerprint density at radius 3 is 2.32 bits per heavy atom. The second-order valence-corrected chi connectivity index (χ2v) is 6.06. The van der Waals surface area contributed by atoms with E-state index in [1.807, 2.05) is 0 Å². The van der Waals surface area contributed by atoms with Gasteiger partial charge in [0.15, 0.2) is 5.82 Å². The Labute approximate surface area is 152 Å². The Balaban J connectivity index is 2.26. The molecule has 25 heavy (non-hydrogen) atoms. The molecular weight excluding hydrogens is 369 g/mol. The molecule has 8 heteroatoms. The van der Waals surface area contributed by atoms with E-state index in [-0.39, 0.29) is 23.8 Å². The van der Waals surface area contributed by atoms with E-state index >= 15 is 0 Å². The maximum Gasteiger partial charge on any atom is 0.165 e. The number of nitrogens with two attached hydrogens (primary N) is 2. The van der Waals surface area contributed by atoms with Gasteiger partial charge in [-0.05, 0) is 30.3 Å². The third-order valence-corrected chi connectivity index (χ3v) is 4.15. The van der Waals surface area contributed by atoms with Crippen molar-refractivity contribution in [2.24, 2.45) is 5.73 Å². The summed E-state index contributed by atoms with van der Waals surface area (Å²) in [4.78, 5) is 8.46. The molecule has 1 aromatic heterocycles. The molecule has 128 valence electrons. The fourth-order valence-corrected chi connectivity index (χ4v) is 2.90. The monoisotopic (exact) mass is 380 g/mol. The number of benzene rings is 2. The molecule has 0 unspecified atom stereocenters. The van der Waals surface area contributed by atoms with Crippen molar-refractivity contribution < 1.29 is 8.78 Å². The van der Waals surface area contributed by atoms with E-state index in [0.29, 0.717) is 26.9 Å². The SMILES string of the molecule is NCc1c(N)nc(-c2ccc(F)cc2F)nc1-c1ccc(Cl)cc1Cl. The number of rotatable bonds is 3. The van der Waals surface area contributed by atoms with Crippen molar-refractivity contribution in [1.82, 2.24) is 9.97 Å². The van der Waals surface area contributed by atoms with E-state index in [1.54, 1.807) is 18.2 Å². The minimum Gasteiger partial charge on any atom is -0.383 e. The second-order valence-electron chi connectivity index (χ2n) is 5.21. The lowest BCUT2D eigenvalue weighted by Crippen LogP contribution is -2.10. The van der Waals surface area contributed by atoms with Gasteiger partial charge in [-0.25, -0.2) is 18.7 Å². The van der Waals surface area contributed by atoms with E-state index in [9.17, 15) is 8.78 Å². The fraction of sp³-hybridized carbons (Fsp3) is 0.0588. The lowest BCUT2D eigenvalue weighted by atomic mass is 10.1. The van der Waals surface area contributed by atoms with Gasteiger partial charge in [-0.15, -0.1) is 0 Å². The first-order valence-corrected chi connectivity index (χ1v) is 7.93. The van der Waals surface area contributed by atoms with Crippen molar-refractivity contribution in [1.29, 1.82) is 0 Å². The van der Waals surface area contributed by atoms with Crippen LogP contribution >= 0.6 is 23.2 Å². The molecule has 0 radical (unpaired) electrons. The highest BCUT2D eigenvalue weighted by Gasteiger charge is 2.18. The summed E-state index contributed by atoms with van der Waals surface area (Å²) in [5.74, 6) is -1.40. The Morgan fingerprint density at radius 1 is 0.960 bits per heavy atom. The molecule has 0 aliphatic carbocycles. The van der Waals surface area contributed by atoms with Gasteiger partial charge in [0.1, 0.15) is 17.5 Å². The zero-order valence-corrected chi connectivity index (χ0v) is 14.2. The Kier molecular flexibility index (Phi) is 4.85. The van der Waals surface area contributed by atoms with Crippen molar-refractivity contribution in [3.05, 3.63) is 63.6 Å². The van der Waals surface area contributed by atoms with Crippen LogP contribution in [0, 0.1) is 11.6 Å². The fourth-order valence-electron chi connectivity index (χ4n) is 2.40. The second kappa shape index (κ2) is 6.92. The first kappa shape index (κ1) is 17.5. The first-order valence-electron chi connectivity index (χ1n) is 7.18. The van der Waals surface area contributed by atoms with Gasteiger partial charge in [-0.3, -0.25) is 0 Å². The highest BCUT2D eigenvalue weighted by molar-refractivity contribution is 6.36. The molecule has 0 bridgehead atoms. The number of hydrogen-bond donors (Lipinski definition) is 2. The van der Waals surface area contributed by atoms with Crippen molar-refractivity contribution in [2.75, 3.05) is 5.73 Å². The quantitative estimate of drug-likeness (QED) is 0.703. The lowest BCUT2D eigenvalue weighted by Gasteiger charge is -2.13. The van der Waals surface area contributed by atoms with Gasteiger partial charge in [0.2, 0.25) is 0 Å². The summed E-state index contributed by atoms with van der Waals surface area (Å²) >= 11 is 12.2. The van der Waals surface area contributed by atoms with Crippen molar-refractivity contribution in [3.8, 4) is 22.6 Å². The van der Waals surface area contributed by atoms with Gasteiger partial charge in [0.05, 0.1) is 16.3 Å². The lowest BCUT2D eigenvalue weighted by molar-refractivity contribution is 0.585. The van der Waals surface area contributed by atoms with Gasteiger partial charge in [0.25, 0.3) is 0 Å². The summed E-state index contributed by atoms with van der Waals surface area (Å²) in [6.07, 6.45) is 0. The number of nitrogens with zero attached hydrogens (tertiary/aromatic N) is 2. The van der Waals surface area contributed by atoms with Crippen LogP contribution in [0.15, 0.2) is 36.4 Å². The smallest absolute Gasteiger partial charge is 0.165 e. The molecule has 3 aromatic rings. The van der Waals surface area contributed by atoms with Crippen LogP contribution in [0.3, 0.4) is 0 Å². The van der Waals surface area contributed by atoms with E-state index in [1.165, 1.54) is 6.07 Å². The van der Waals surface area contributed by atoms with Crippen LogP contribution in [-0.2, 0) is 6.54 Å². The number of aromatic nitrogens is 2. The number of halogens is 4. The summed E-state index contributed by atoms with van der Waals surface area (Å²) in [7, 11) is 0. The van der Waals surface area contributed by atoms with Crippen LogP contribution < -0.4 is 11.5 Å². The van der Waals surface area contributed by atoms with E-state index in [0.717, 1.165) is 12.1 Å². The van der Waals surface area contributed by atoms with Crippen molar-refractivity contribution in [3.63, 3.8) is 0 Å². The Bertz CT molecular complexity index is 964. The Hall–Kier alpha value is -2.28. The van der Waals surface area contributed by atoms with Crippen LogP contribution in [0.2, 0.25) is 10.0 Å². The maximum atomic E-state index is 14.1. The molecule has 0 amide bonds. The summed E-state index contributed by atoms with van der Waals surface area (Å²) in [5, 5.41) is 0.792. The normalized spacial score (nSPS) is 10.9. The molecule has 0 aliphatic rings. The predicted molar refractivity (Wildman–Crippen MR) is 95.1 cm³/mol. The topological polar surface area (TPSA) is 77.8 Å². The van der Waals surface area contributed by atoms with Gasteiger partial charge in [-0.2, -0.15) is 0 Å².